The predicted octanol–water partition coefficient (Wildman–Crippen LogP) is 2.31. The summed E-state index contributed by atoms with van der Waals surface area (Å²) in [7, 11) is -7.88. The van der Waals surface area contributed by atoms with Crippen LogP contribution in [-0.2, 0) is 39.1 Å². The van der Waals surface area contributed by atoms with E-state index in [1.165, 1.54) is 34.1 Å². The summed E-state index contributed by atoms with van der Waals surface area (Å²) in [4.78, 5) is 30.4. The van der Waals surface area contributed by atoms with Gasteiger partial charge in [-0.25, -0.2) is 16.8 Å². The number of benzene rings is 2. The number of sulfonamides is 2. The van der Waals surface area contributed by atoms with Gasteiger partial charge in [-0.3, -0.25) is 9.59 Å². The minimum absolute atomic E-state index is 0.0821. The van der Waals surface area contributed by atoms with Crippen LogP contribution in [0.1, 0.15) is 38.8 Å². The molecule has 2 atom stereocenters. The first-order chi connectivity index (χ1) is 21.6. The lowest BCUT2D eigenvalue weighted by atomic mass is 10.0. The lowest BCUT2D eigenvalue weighted by Gasteiger charge is -2.32. The summed E-state index contributed by atoms with van der Waals surface area (Å²) in [5, 5.41) is 0. The molecule has 0 unspecified atom stereocenters. The zero-order valence-corrected chi connectivity index (χ0v) is 29.2. The number of hydrogen-bond acceptors (Lipinski definition) is 8. The Hall–Kier alpha value is -2.88. The average molecular weight is 681 g/mol. The van der Waals surface area contributed by atoms with Gasteiger partial charge in [-0.05, 0) is 49.9 Å². The first kappa shape index (κ1) is 37.6. The van der Waals surface area contributed by atoms with Crippen LogP contribution in [0.4, 0.5) is 0 Å². The fraction of sp³-hybridized carbons (Fsp3) is 0.562. The fourth-order valence-electron chi connectivity index (χ4n) is 4.81. The van der Waals surface area contributed by atoms with Gasteiger partial charge >= 0.3 is 0 Å². The van der Waals surface area contributed by atoms with Crippen molar-refractivity contribution in [3.63, 3.8) is 0 Å². The molecule has 1 heterocycles. The number of nitrogens with one attached hydrogen (secondary N) is 2. The van der Waals surface area contributed by atoms with Crippen LogP contribution in [0.2, 0.25) is 0 Å². The molecule has 1 saturated heterocycles. The van der Waals surface area contributed by atoms with E-state index in [2.05, 4.69) is 9.44 Å². The van der Waals surface area contributed by atoms with Crippen LogP contribution in [0, 0.1) is 25.7 Å². The van der Waals surface area contributed by atoms with E-state index < -0.39 is 32.1 Å². The van der Waals surface area contributed by atoms with Crippen molar-refractivity contribution in [2.45, 2.75) is 63.4 Å². The van der Waals surface area contributed by atoms with E-state index in [9.17, 15) is 26.4 Å². The Kier molecular flexibility index (Phi) is 13.7. The molecule has 0 spiro atoms. The first-order valence-corrected chi connectivity index (χ1v) is 18.5. The third-order valence-corrected chi connectivity index (χ3v) is 10.7. The second-order valence-electron chi connectivity index (χ2n) is 12.2. The van der Waals surface area contributed by atoms with Crippen LogP contribution in [0.5, 0.6) is 0 Å². The molecule has 256 valence electrons. The summed E-state index contributed by atoms with van der Waals surface area (Å²) < 4.78 is 69.1. The number of aryl methyl sites for hydroxylation is 2. The summed E-state index contributed by atoms with van der Waals surface area (Å²) in [6.07, 6.45) is 0. The largest absolute Gasteiger partial charge is 0.378 e. The number of amides is 2. The van der Waals surface area contributed by atoms with Crippen molar-refractivity contribution in [1.82, 2.24) is 19.2 Å². The highest BCUT2D eigenvalue weighted by Gasteiger charge is 2.33. The molecule has 12 nitrogen and oxygen atoms in total. The molecule has 2 aromatic carbocycles. The molecule has 0 bridgehead atoms. The Labute approximate surface area is 273 Å². The van der Waals surface area contributed by atoms with E-state index in [1.54, 1.807) is 52.0 Å². The molecule has 0 radical (unpaired) electrons. The second-order valence-corrected chi connectivity index (χ2v) is 15.6. The predicted molar refractivity (Wildman–Crippen MR) is 175 cm³/mol. The summed E-state index contributed by atoms with van der Waals surface area (Å²) in [6, 6.07) is 10.8. The summed E-state index contributed by atoms with van der Waals surface area (Å²) in [5.41, 5.74) is 1.84. The Morgan fingerprint density at radius 3 is 1.13 bits per heavy atom. The Bertz CT molecular complexity index is 1380. The summed E-state index contributed by atoms with van der Waals surface area (Å²) in [5.74, 6) is -1.42. The van der Waals surface area contributed by atoms with Crippen LogP contribution in [0.15, 0.2) is 58.3 Å². The van der Waals surface area contributed by atoms with Gasteiger partial charge in [0.25, 0.3) is 0 Å². The van der Waals surface area contributed by atoms with E-state index in [0.29, 0.717) is 0 Å². The van der Waals surface area contributed by atoms with Gasteiger partial charge in [0, 0.05) is 26.2 Å². The standard InChI is InChI=1S/C32H48N4O8S2/c1-23(2)29(33-45(39,40)27-11-7-25(5)8-12-27)31(37)35-15-19-43-21-17-36(18-22-44-20-16-35)32(38)30(24(3)4)34-46(41,42)28-13-9-26(6)10-14-28/h7-14,23-24,29-30,33-34H,15-22H2,1-6H3/t29-,30-/m0/s1. The zero-order chi connectivity index (χ0) is 34.1. The minimum Gasteiger partial charge on any atom is -0.378 e. The van der Waals surface area contributed by atoms with E-state index in [1.807, 2.05) is 13.8 Å². The van der Waals surface area contributed by atoms with Crippen molar-refractivity contribution < 1.29 is 35.9 Å². The van der Waals surface area contributed by atoms with E-state index >= 15 is 0 Å². The van der Waals surface area contributed by atoms with E-state index in [0.717, 1.165) is 11.1 Å². The van der Waals surface area contributed by atoms with E-state index in [-0.39, 0.29) is 86.0 Å². The van der Waals surface area contributed by atoms with Crippen molar-refractivity contribution in [1.29, 1.82) is 0 Å². The van der Waals surface area contributed by atoms with Gasteiger partial charge in [0.2, 0.25) is 31.9 Å². The molecule has 3 rings (SSSR count). The summed E-state index contributed by atoms with van der Waals surface area (Å²) in [6.45, 7) is 12.2. The normalized spacial score (nSPS) is 17.3. The number of carbonyl (C=O) groups is 2. The van der Waals surface area contributed by atoms with Gasteiger partial charge in [-0.2, -0.15) is 9.44 Å². The molecule has 1 fully saturated rings. The number of rotatable bonds is 10. The molecular weight excluding hydrogens is 633 g/mol. The molecule has 0 aromatic heterocycles. The zero-order valence-electron chi connectivity index (χ0n) is 27.6. The summed E-state index contributed by atoms with van der Waals surface area (Å²) >= 11 is 0. The molecule has 2 aromatic rings. The molecule has 46 heavy (non-hydrogen) atoms. The Morgan fingerprint density at radius 1 is 0.587 bits per heavy atom. The second kappa shape index (κ2) is 16.8. The molecule has 14 heteroatoms. The first-order valence-electron chi connectivity index (χ1n) is 15.5. The van der Waals surface area contributed by atoms with Crippen LogP contribution < -0.4 is 9.44 Å². The molecule has 2 N–H and O–H groups in total. The van der Waals surface area contributed by atoms with Crippen molar-refractivity contribution in [3.05, 3.63) is 59.7 Å². The highest BCUT2D eigenvalue weighted by Crippen LogP contribution is 2.17. The average Bonchev–Trinajstić information content (AvgIpc) is 2.98. The van der Waals surface area contributed by atoms with Gasteiger partial charge in [-0.15, -0.1) is 0 Å². The number of hydrogen-bond donors (Lipinski definition) is 2. The molecule has 1 aliphatic heterocycles. The van der Waals surface area contributed by atoms with Crippen LogP contribution in [0.3, 0.4) is 0 Å². The highest BCUT2D eigenvalue weighted by atomic mass is 32.2. The van der Waals surface area contributed by atoms with Crippen molar-refractivity contribution >= 4 is 31.9 Å². The fourth-order valence-corrected chi connectivity index (χ4v) is 7.48. The lowest BCUT2D eigenvalue weighted by Crippen LogP contribution is -2.53. The van der Waals surface area contributed by atoms with Gasteiger partial charge < -0.3 is 19.3 Å². The maximum Gasteiger partial charge on any atom is 0.241 e. The van der Waals surface area contributed by atoms with Gasteiger partial charge in [0.05, 0.1) is 36.2 Å². The Morgan fingerprint density at radius 2 is 0.870 bits per heavy atom. The van der Waals surface area contributed by atoms with E-state index in [4.69, 9.17) is 9.47 Å². The number of nitrogens with zero attached hydrogens (tertiary/aromatic N) is 2. The molecule has 0 aliphatic carbocycles. The molecule has 1 aliphatic rings. The quantitative estimate of drug-likeness (QED) is 0.388. The molecular formula is C32H48N4O8S2. The SMILES string of the molecule is Cc1ccc(S(=O)(=O)N[C@H](C(=O)N2CCOCCN(C(=O)[C@@H](NS(=O)(=O)c3ccc(C)cc3)C(C)C)CCOCC2)C(C)C)cc1. The van der Waals surface area contributed by atoms with Crippen LogP contribution in [-0.4, -0.2) is 103 Å². The van der Waals surface area contributed by atoms with Crippen LogP contribution in [0.25, 0.3) is 0 Å². The van der Waals surface area contributed by atoms with Crippen molar-refractivity contribution in [3.8, 4) is 0 Å². The third-order valence-electron chi connectivity index (χ3n) is 7.74. The number of carbonyl (C=O) groups excluding carboxylic acids is 2. The molecule has 2 amide bonds. The lowest BCUT2D eigenvalue weighted by molar-refractivity contribution is -0.137. The minimum atomic E-state index is -3.94. The maximum absolute atomic E-state index is 13.6. The van der Waals surface area contributed by atoms with Crippen molar-refractivity contribution in [2.75, 3.05) is 52.6 Å². The topological polar surface area (TPSA) is 151 Å². The van der Waals surface area contributed by atoms with Crippen molar-refractivity contribution in [2.24, 2.45) is 11.8 Å². The van der Waals surface area contributed by atoms with Crippen LogP contribution >= 0.6 is 0 Å². The highest BCUT2D eigenvalue weighted by molar-refractivity contribution is 7.89. The Balaban J connectivity index is 1.64. The van der Waals surface area contributed by atoms with Gasteiger partial charge in [0.15, 0.2) is 0 Å². The third kappa shape index (κ3) is 10.6. The molecule has 0 saturated carbocycles. The van der Waals surface area contributed by atoms with Gasteiger partial charge in [-0.1, -0.05) is 63.1 Å². The smallest absolute Gasteiger partial charge is 0.241 e. The monoisotopic (exact) mass is 680 g/mol. The number of ether oxygens (including phenoxy) is 2. The maximum atomic E-state index is 13.6. The van der Waals surface area contributed by atoms with Gasteiger partial charge in [0.1, 0.15) is 12.1 Å².